The van der Waals surface area contributed by atoms with Gasteiger partial charge in [0.15, 0.2) is 0 Å². The molecule has 0 fully saturated rings. The Morgan fingerprint density at radius 3 is 2.81 bits per heavy atom. The van der Waals surface area contributed by atoms with Gasteiger partial charge < -0.3 is 9.15 Å². The summed E-state index contributed by atoms with van der Waals surface area (Å²) in [7, 11) is 0. The summed E-state index contributed by atoms with van der Waals surface area (Å²) >= 11 is 1.25. The zero-order chi connectivity index (χ0) is 18.1. The fourth-order valence-corrected chi connectivity index (χ4v) is 3.34. The molecule has 0 bridgehead atoms. The molecule has 0 radical (unpaired) electrons. The number of rotatable bonds is 4. The molecule has 130 valence electrons. The predicted molar refractivity (Wildman–Crippen MR) is 96.0 cm³/mol. The Morgan fingerprint density at radius 2 is 2.08 bits per heavy atom. The van der Waals surface area contributed by atoms with Crippen molar-refractivity contribution in [2.45, 2.75) is 6.92 Å². The van der Waals surface area contributed by atoms with Crippen LogP contribution < -0.4 is 10.1 Å². The first-order valence-electron chi connectivity index (χ1n) is 7.87. The highest BCUT2D eigenvalue weighted by molar-refractivity contribution is 7.15. The van der Waals surface area contributed by atoms with E-state index >= 15 is 0 Å². The van der Waals surface area contributed by atoms with E-state index in [9.17, 15) is 9.59 Å². The molecule has 3 aromatic heterocycles. The molecule has 0 amide bonds. The van der Waals surface area contributed by atoms with Gasteiger partial charge in [0, 0.05) is 11.6 Å². The third kappa shape index (κ3) is 2.91. The number of carbonyl (C=O) groups excluding carboxylic acids is 1. The summed E-state index contributed by atoms with van der Waals surface area (Å²) in [6, 6.07) is 10.6. The summed E-state index contributed by atoms with van der Waals surface area (Å²) < 4.78 is 12.5. The lowest BCUT2D eigenvalue weighted by Crippen LogP contribution is -2.23. The summed E-state index contributed by atoms with van der Waals surface area (Å²) in [5, 5.41) is 3.88. The van der Waals surface area contributed by atoms with Crippen LogP contribution in [0.15, 0.2) is 51.9 Å². The lowest BCUT2D eigenvalue weighted by atomic mass is 10.1. The van der Waals surface area contributed by atoms with Crippen LogP contribution >= 0.6 is 11.3 Å². The molecule has 0 N–H and O–H groups in total. The van der Waals surface area contributed by atoms with Crippen molar-refractivity contribution in [3.05, 3.63) is 68.9 Å². The van der Waals surface area contributed by atoms with Crippen molar-refractivity contribution >= 4 is 28.3 Å². The van der Waals surface area contributed by atoms with E-state index in [-0.39, 0.29) is 11.5 Å². The standard InChI is InChI=1S/C18H13N3O4S/c1-2-24-17(23)12-5-3-11(4-6-12)14-8-7-13(25-14)9-15-16(22)21-18(26-15)19-10-20-21/h3-10H,2H2,1H3/b15-9-. The van der Waals surface area contributed by atoms with Crippen LogP contribution in [0, 0.1) is 0 Å². The number of esters is 1. The molecule has 0 aliphatic heterocycles. The molecule has 0 aliphatic rings. The van der Waals surface area contributed by atoms with Gasteiger partial charge in [-0.2, -0.15) is 9.61 Å². The van der Waals surface area contributed by atoms with Gasteiger partial charge in [0.25, 0.3) is 5.56 Å². The van der Waals surface area contributed by atoms with E-state index in [1.165, 1.54) is 22.2 Å². The highest BCUT2D eigenvalue weighted by Crippen LogP contribution is 2.23. The molecule has 0 atom stereocenters. The van der Waals surface area contributed by atoms with Crippen LogP contribution in [-0.4, -0.2) is 27.2 Å². The molecule has 3 heterocycles. The van der Waals surface area contributed by atoms with Gasteiger partial charge in [-0.15, -0.1) is 0 Å². The smallest absolute Gasteiger partial charge is 0.338 e. The Morgan fingerprint density at radius 1 is 1.27 bits per heavy atom. The Labute approximate surface area is 151 Å². The average Bonchev–Trinajstić information content (AvgIpc) is 3.35. The molecule has 0 unspecified atom stereocenters. The van der Waals surface area contributed by atoms with E-state index in [4.69, 9.17) is 9.15 Å². The molecule has 4 rings (SSSR count). The Bertz CT molecular complexity index is 1190. The minimum Gasteiger partial charge on any atom is -0.462 e. The second-order valence-electron chi connectivity index (χ2n) is 5.37. The van der Waals surface area contributed by atoms with Crippen LogP contribution in [0.3, 0.4) is 0 Å². The highest BCUT2D eigenvalue weighted by Gasteiger charge is 2.09. The van der Waals surface area contributed by atoms with Crippen molar-refractivity contribution in [2.75, 3.05) is 6.61 Å². The van der Waals surface area contributed by atoms with Crippen LogP contribution in [0.2, 0.25) is 0 Å². The Kier molecular flexibility index (Phi) is 4.10. The predicted octanol–water partition coefficient (Wildman–Crippen LogP) is 2.14. The second kappa shape index (κ2) is 6.57. The monoisotopic (exact) mass is 367 g/mol. The first-order valence-corrected chi connectivity index (χ1v) is 8.69. The number of nitrogens with zero attached hydrogens (tertiary/aromatic N) is 3. The molecule has 7 nitrogen and oxygen atoms in total. The second-order valence-corrected chi connectivity index (χ2v) is 6.38. The number of hydrogen-bond donors (Lipinski definition) is 0. The van der Waals surface area contributed by atoms with E-state index in [0.29, 0.717) is 33.2 Å². The first-order chi connectivity index (χ1) is 12.7. The van der Waals surface area contributed by atoms with Gasteiger partial charge in [-0.1, -0.05) is 23.5 Å². The number of benzene rings is 1. The molecule has 26 heavy (non-hydrogen) atoms. The van der Waals surface area contributed by atoms with Crippen LogP contribution in [0.4, 0.5) is 0 Å². The average molecular weight is 367 g/mol. The van der Waals surface area contributed by atoms with E-state index in [2.05, 4.69) is 10.1 Å². The maximum atomic E-state index is 12.2. The SMILES string of the molecule is CCOC(=O)c1ccc(-c2ccc(/C=c3\sc4ncnn4c3=O)o2)cc1. The van der Waals surface area contributed by atoms with Gasteiger partial charge in [-0.25, -0.2) is 9.78 Å². The van der Waals surface area contributed by atoms with Crippen LogP contribution in [0.25, 0.3) is 22.4 Å². The maximum absolute atomic E-state index is 12.2. The lowest BCUT2D eigenvalue weighted by Gasteiger charge is -2.02. The minimum absolute atomic E-state index is 0.223. The summed E-state index contributed by atoms with van der Waals surface area (Å²) in [6.45, 7) is 2.10. The minimum atomic E-state index is -0.355. The lowest BCUT2D eigenvalue weighted by molar-refractivity contribution is 0.0526. The summed E-state index contributed by atoms with van der Waals surface area (Å²) in [4.78, 5) is 28.4. The van der Waals surface area contributed by atoms with Crippen molar-refractivity contribution in [2.24, 2.45) is 0 Å². The third-order valence-electron chi connectivity index (χ3n) is 3.70. The summed E-state index contributed by atoms with van der Waals surface area (Å²) in [5.74, 6) is 0.835. The molecule has 0 aliphatic carbocycles. The van der Waals surface area contributed by atoms with E-state index in [0.717, 1.165) is 5.56 Å². The van der Waals surface area contributed by atoms with Gasteiger partial charge in [-0.05, 0) is 31.2 Å². The van der Waals surface area contributed by atoms with Gasteiger partial charge >= 0.3 is 5.97 Å². The van der Waals surface area contributed by atoms with Crippen LogP contribution in [0.5, 0.6) is 0 Å². The Balaban J connectivity index is 1.63. The third-order valence-corrected chi connectivity index (χ3v) is 4.67. The maximum Gasteiger partial charge on any atom is 0.338 e. The molecular formula is C18H13N3O4S. The topological polar surface area (TPSA) is 86.7 Å². The van der Waals surface area contributed by atoms with Crippen molar-refractivity contribution in [3.63, 3.8) is 0 Å². The molecule has 0 spiro atoms. The van der Waals surface area contributed by atoms with E-state index in [1.54, 1.807) is 43.3 Å². The fraction of sp³-hybridized carbons (Fsp3) is 0.111. The molecule has 0 saturated heterocycles. The van der Waals surface area contributed by atoms with Crippen molar-refractivity contribution in [1.82, 2.24) is 14.6 Å². The highest BCUT2D eigenvalue weighted by atomic mass is 32.1. The Hall–Kier alpha value is -3.26. The number of carbonyl (C=O) groups is 1. The fourth-order valence-electron chi connectivity index (χ4n) is 2.48. The van der Waals surface area contributed by atoms with Crippen molar-refractivity contribution in [3.8, 4) is 11.3 Å². The van der Waals surface area contributed by atoms with Gasteiger partial charge in [0.1, 0.15) is 22.4 Å². The summed E-state index contributed by atoms with van der Waals surface area (Å²) in [6.07, 6.45) is 3.02. The van der Waals surface area contributed by atoms with E-state index in [1.807, 2.05) is 6.07 Å². The number of fused-ring (bicyclic) bond motifs is 1. The quantitative estimate of drug-likeness (QED) is 0.514. The zero-order valence-corrected chi connectivity index (χ0v) is 14.5. The normalized spacial score (nSPS) is 12.0. The van der Waals surface area contributed by atoms with Gasteiger partial charge in [0.2, 0.25) is 4.96 Å². The summed E-state index contributed by atoms with van der Waals surface area (Å²) in [5.41, 5.74) is 1.08. The zero-order valence-electron chi connectivity index (χ0n) is 13.7. The van der Waals surface area contributed by atoms with Gasteiger partial charge in [-0.3, -0.25) is 4.79 Å². The van der Waals surface area contributed by atoms with Crippen LogP contribution in [0.1, 0.15) is 23.0 Å². The van der Waals surface area contributed by atoms with Crippen molar-refractivity contribution < 1.29 is 13.9 Å². The molecular weight excluding hydrogens is 354 g/mol. The van der Waals surface area contributed by atoms with E-state index < -0.39 is 0 Å². The number of thiazole rings is 1. The van der Waals surface area contributed by atoms with Gasteiger partial charge in [0.05, 0.1) is 12.2 Å². The number of hydrogen-bond acceptors (Lipinski definition) is 7. The number of aromatic nitrogens is 3. The van der Waals surface area contributed by atoms with Crippen LogP contribution in [-0.2, 0) is 4.74 Å². The molecule has 8 heteroatoms. The largest absolute Gasteiger partial charge is 0.462 e. The first kappa shape index (κ1) is 16.2. The molecule has 4 aromatic rings. The number of ether oxygens (including phenoxy) is 1. The molecule has 1 aromatic carbocycles. The van der Waals surface area contributed by atoms with Crippen molar-refractivity contribution in [1.29, 1.82) is 0 Å². The molecule has 0 saturated carbocycles. The number of furan rings is 1.